The predicted octanol–water partition coefficient (Wildman–Crippen LogP) is 2.82. The lowest BCUT2D eigenvalue weighted by atomic mass is 10.2. The van der Waals surface area contributed by atoms with Gasteiger partial charge in [-0.05, 0) is 12.1 Å². The molecule has 0 saturated carbocycles. The van der Waals surface area contributed by atoms with E-state index < -0.39 is 23.5 Å². The lowest BCUT2D eigenvalue weighted by molar-refractivity contribution is -0.137. The van der Waals surface area contributed by atoms with Gasteiger partial charge in [0.1, 0.15) is 5.82 Å². The van der Waals surface area contributed by atoms with Crippen LogP contribution >= 0.6 is 0 Å². The predicted molar refractivity (Wildman–Crippen MR) is 59.9 cm³/mol. The average molecular weight is 288 g/mol. The highest BCUT2D eigenvalue weighted by atomic mass is 19.4. The molecular weight excluding hydrogens is 280 g/mol. The molecule has 0 saturated heterocycles. The van der Waals surface area contributed by atoms with E-state index in [2.05, 4.69) is 9.84 Å². The van der Waals surface area contributed by atoms with Crippen molar-refractivity contribution in [2.24, 2.45) is 0 Å². The summed E-state index contributed by atoms with van der Waals surface area (Å²) in [7, 11) is 1.10. The highest BCUT2D eigenvalue weighted by molar-refractivity contribution is 5.89. The normalized spacial score (nSPS) is 11.4. The van der Waals surface area contributed by atoms with E-state index in [1.165, 1.54) is 6.07 Å². The highest BCUT2D eigenvalue weighted by Crippen LogP contribution is 2.29. The summed E-state index contributed by atoms with van der Waals surface area (Å²) >= 11 is 0. The molecule has 2 aromatic rings. The first-order valence-corrected chi connectivity index (χ1v) is 5.33. The number of carbonyl (C=O) groups is 1. The molecule has 0 aliphatic heterocycles. The van der Waals surface area contributed by atoms with Crippen LogP contribution in [0.4, 0.5) is 17.6 Å². The maximum atomic E-state index is 13.6. The summed E-state index contributed by atoms with van der Waals surface area (Å²) in [6, 6.07) is 3.29. The van der Waals surface area contributed by atoms with Gasteiger partial charge in [-0.15, -0.1) is 0 Å². The Morgan fingerprint density at radius 2 is 2.05 bits per heavy atom. The molecule has 0 radical (unpaired) electrons. The zero-order valence-corrected chi connectivity index (χ0v) is 10.1. The number of aromatic nitrogens is 2. The summed E-state index contributed by atoms with van der Waals surface area (Å²) in [5.41, 5.74) is -1.19. The van der Waals surface area contributed by atoms with Gasteiger partial charge in [-0.25, -0.2) is 13.9 Å². The number of hydrogen-bond acceptors (Lipinski definition) is 3. The first-order chi connectivity index (χ1) is 9.32. The Morgan fingerprint density at radius 3 is 2.55 bits per heavy atom. The fourth-order valence-electron chi connectivity index (χ4n) is 1.53. The van der Waals surface area contributed by atoms with E-state index in [0.29, 0.717) is 6.20 Å². The zero-order chi connectivity index (χ0) is 14.9. The van der Waals surface area contributed by atoms with Gasteiger partial charge in [0.15, 0.2) is 0 Å². The molecule has 0 aliphatic carbocycles. The summed E-state index contributed by atoms with van der Waals surface area (Å²) < 4.78 is 56.1. The number of benzene rings is 1. The van der Waals surface area contributed by atoms with Gasteiger partial charge in [-0.1, -0.05) is 0 Å². The van der Waals surface area contributed by atoms with Gasteiger partial charge in [-0.3, -0.25) is 0 Å². The van der Waals surface area contributed by atoms with E-state index in [0.717, 1.165) is 30.1 Å². The fourth-order valence-corrected chi connectivity index (χ4v) is 1.53. The van der Waals surface area contributed by atoms with Gasteiger partial charge >= 0.3 is 12.1 Å². The molecule has 0 unspecified atom stereocenters. The number of methoxy groups -OCH3 is 1. The fraction of sp³-hybridized carbons (Fsp3) is 0.167. The van der Waals surface area contributed by atoms with Crippen LogP contribution in [0.5, 0.6) is 0 Å². The van der Waals surface area contributed by atoms with Crippen molar-refractivity contribution in [3.05, 3.63) is 47.5 Å². The van der Waals surface area contributed by atoms with E-state index in [1.54, 1.807) is 0 Å². The van der Waals surface area contributed by atoms with Gasteiger partial charge < -0.3 is 4.74 Å². The third-order valence-electron chi connectivity index (χ3n) is 2.53. The number of alkyl halides is 3. The van der Waals surface area contributed by atoms with Gasteiger partial charge in [0.05, 0.1) is 30.1 Å². The Kier molecular flexibility index (Phi) is 3.47. The van der Waals surface area contributed by atoms with Gasteiger partial charge in [0, 0.05) is 12.3 Å². The van der Waals surface area contributed by atoms with Crippen LogP contribution in [0, 0.1) is 5.82 Å². The van der Waals surface area contributed by atoms with Crippen LogP contribution in [0.2, 0.25) is 0 Å². The molecule has 0 aliphatic rings. The van der Waals surface area contributed by atoms with Crippen LogP contribution in [0.3, 0.4) is 0 Å². The van der Waals surface area contributed by atoms with Crippen LogP contribution in [0.15, 0.2) is 30.6 Å². The molecule has 8 heteroatoms. The number of esters is 1. The van der Waals surface area contributed by atoms with Gasteiger partial charge in [-0.2, -0.15) is 18.3 Å². The SMILES string of the molecule is COC(=O)c1ccc(-n2cc(C(F)(F)F)cn2)cc1F. The summed E-state index contributed by atoms with van der Waals surface area (Å²) in [6.07, 6.45) is -3.17. The second-order valence-corrected chi connectivity index (χ2v) is 3.83. The summed E-state index contributed by atoms with van der Waals surface area (Å²) in [5, 5.41) is 3.50. The number of carbonyl (C=O) groups excluding carboxylic acids is 1. The minimum atomic E-state index is -4.53. The van der Waals surface area contributed by atoms with Gasteiger partial charge in [0.25, 0.3) is 0 Å². The minimum absolute atomic E-state index is 0.0608. The van der Waals surface area contributed by atoms with Crippen molar-refractivity contribution in [3.8, 4) is 5.69 Å². The van der Waals surface area contributed by atoms with E-state index >= 15 is 0 Å². The Bertz CT molecular complexity index is 649. The van der Waals surface area contributed by atoms with Crippen LogP contribution in [-0.4, -0.2) is 22.9 Å². The molecule has 20 heavy (non-hydrogen) atoms. The number of rotatable bonds is 2. The molecule has 0 bridgehead atoms. The van der Waals surface area contributed by atoms with E-state index in [4.69, 9.17) is 0 Å². The molecule has 4 nitrogen and oxygen atoms in total. The molecule has 1 aromatic carbocycles. The third kappa shape index (κ3) is 2.63. The zero-order valence-electron chi connectivity index (χ0n) is 10.1. The molecule has 0 N–H and O–H groups in total. The van der Waals surface area contributed by atoms with Crippen LogP contribution in [0.1, 0.15) is 15.9 Å². The van der Waals surface area contributed by atoms with Crippen LogP contribution in [-0.2, 0) is 10.9 Å². The quantitative estimate of drug-likeness (QED) is 0.630. The monoisotopic (exact) mass is 288 g/mol. The maximum Gasteiger partial charge on any atom is 0.419 e. The van der Waals surface area contributed by atoms with E-state index in [9.17, 15) is 22.4 Å². The lowest BCUT2D eigenvalue weighted by Crippen LogP contribution is -2.06. The maximum absolute atomic E-state index is 13.6. The largest absolute Gasteiger partial charge is 0.465 e. The van der Waals surface area contributed by atoms with E-state index in [1.807, 2.05) is 0 Å². The lowest BCUT2D eigenvalue weighted by Gasteiger charge is -2.05. The molecule has 0 fully saturated rings. The van der Waals surface area contributed by atoms with Crippen molar-refractivity contribution < 1.29 is 27.1 Å². The van der Waals surface area contributed by atoms with Crippen molar-refractivity contribution in [1.82, 2.24) is 9.78 Å². The van der Waals surface area contributed by atoms with Crippen molar-refractivity contribution in [1.29, 1.82) is 0 Å². The summed E-state index contributed by atoms with van der Waals surface area (Å²) in [6.45, 7) is 0. The standard InChI is InChI=1S/C12H8F4N2O2/c1-20-11(19)9-3-2-8(4-10(9)13)18-6-7(5-17-18)12(14,15)16/h2-6H,1H3. The highest BCUT2D eigenvalue weighted by Gasteiger charge is 2.32. The van der Waals surface area contributed by atoms with Crippen molar-refractivity contribution in [2.75, 3.05) is 7.11 Å². The molecule has 106 valence electrons. The van der Waals surface area contributed by atoms with E-state index in [-0.39, 0.29) is 11.3 Å². The van der Waals surface area contributed by atoms with Gasteiger partial charge in [0.2, 0.25) is 0 Å². The van der Waals surface area contributed by atoms with Crippen molar-refractivity contribution in [3.63, 3.8) is 0 Å². The molecule has 0 spiro atoms. The first-order valence-electron chi connectivity index (χ1n) is 5.33. The molecule has 1 aromatic heterocycles. The number of hydrogen-bond donors (Lipinski definition) is 0. The number of halogens is 4. The Morgan fingerprint density at radius 1 is 1.35 bits per heavy atom. The summed E-state index contributed by atoms with van der Waals surface area (Å²) in [5.74, 6) is -1.77. The molecule has 2 rings (SSSR count). The first kappa shape index (κ1) is 14.0. The smallest absolute Gasteiger partial charge is 0.419 e. The van der Waals surface area contributed by atoms with Crippen LogP contribution in [0.25, 0.3) is 5.69 Å². The van der Waals surface area contributed by atoms with Crippen molar-refractivity contribution >= 4 is 5.97 Å². The Balaban J connectivity index is 2.37. The second kappa shape index (κ2) is 4.95. The average Bonchev–Trinajstić information content (AvgIpc) is 2.87. The molecular formula is C12H8F4N2O2. The second-order valence-electron chi connectivity index (χ2n) is 3.83. The summed E-state index contributed by atoms with van der Waals surface area (Å²) in [4.78, 5) is 11.2. The molecule has 0 atom stereocenters. The topological polar surface area (TPSA) is 44.1 Å². The Hall–Kier alpha value is -2.38. The minimum Gasteiger partial charge on any atom is -0.465 e. The number of ether oxygens (including phenoxy) is 1. The number of nitrogens with zero attached hydrogens (tertiary/aromatic N) is 2. The van der Waals surface area contributed by atoms with Crippen LogP contribution < -0.4 is 0 Å². The van der Waals surface area contributed by atoms with Crippen molar-refractivity contribution in [2.45, 2.75) is 6.18 Å². The molecule has 1 heterocycles. The third-order valence-corrected chi connectivity index (χ3v) is 2.53. The Labute approximate surface area is 110 Å². The molecule has 0 amide bonds.